The molecule has 0 aromatic carbocycles. The van der Waals surface area contributed by atoms with E-state index in [1.54, 1.807) is 12.4 Å². The molecule has 2 heterocycles. The molecule has 1 aromatic rings. The summed E-state index contributed by atoms with van der Waals surface area (Å²) in [5, 5.41) is 0. The SMILES string of the molecule is c1cncc(OC2CCOCC2)c1. The summed E-state index contributed by atoms with van der Waals surface area (Å²) < 4.78 is 11.0. The van der Waals surface area contributed by atoms with Crippen molar-refractivity contribution in [1.82, 2.24) is 4.98 Å². The van der Waals surface area contributed by atoms with E-state index in [0.29, 0.717) is 6.10 Å². The van der Waals surface area contributed by atoms with Gasteiger partial charge in [0.15, 0.2) is 0 Å². The molecule has 0 N–H and O–H groups in total. The van der Waals surface area contributed by atoms with E-state index in [-0.39, 0.29) is 0 Å². The van der Waals surface area contributed by atoms with Crippen LogP contribution in [-0.4, -0.2) is 24.3 Å². The Hall–Kier alpha value is -1.09. The van der Waals surface area contributed by atoms with Crippen LogP contribution in [0.25, 0.3) is 0 Å². The number of nitrogens with zero attached hydrogens (tertiary/aromatic N) is 1. The zero-order valence-electron chi connectivity index (χ0n) is 7.48. The van der Waals surface area contributed by atoms with Gasteiger partial charge in [-0.3, -0.25) is 4.98 Å². The number of pyridine rings is 1. The van der Waals surface area contributed by atoms with Crippen molar-refractivity contribution < 1.29 is 9.47 Å². The van der Waals surface area contributed by atoms with Crippen molar-refractivity contribution in [3.05, 3.63) is 24.5 Å². The molecule has 3 heteroatoms. The summed E-state index contributed by atoms with van der Waals surface area (Å²) in [6, 6.07) is 3.82. The molecule has 1 aliphatic heterocycles. The first kappa shape index (κ1) is 8.51. The van der Waals surface area contributed by atoms with Crippen LogP contribution >= 0.6 is 0 Å². The van der Waals surface area contributed by atoms with Gasteiger partial charge in [-0.1, -0.05) is 0 Å². The summed E-state index contributed by atoms with van der Waals surface area (Å²) in [5.74, 6) is 0.856. The topological polar surface area (TPSA) is 31.4 Å². The van der Waals surface area contributed by atoms with Gasteiger partial charge >= 0.3 is 0 Å². The third kappa shape index (κ3) is 2.42. The fourth-order valence-electron chi connectivity index (χ4n) is 1.40. The Balaban J connectivity index is 1.90. The van der Waals surface area contributed by atoms with Crippen LogP contribution in [0.2, 0.25) is 0 Å². The van der Waals surface area contributed by atoms with Crippen molar-refractivity contribution in [2.75, 3.05) is 13.2 Å². The van der Waals surface area contributed by atoms with Crippen molar-refractivity contribution in [2.45, 2.75) is 18.9 Å². The molecule has 0 radical (unpaired) electrons. The highest BCUT2D eigenvalue weighted by molar-refractivity contribution is 5.15. The zero-order valence-corrected chi connectivity index (χ0v) is 7.48. The second-order valence-electron chi connectivity index (χ2n) is 3.12. The fraction of sp³-hybridized carbons (Fsp3) is 0.500. The summed E-state index contributed by atoms with van der Waals surface area (Å²) in [6.45, 7) is 1.62. The highest BCUT2D eigenvalue weighted by Crippen LogP contribution is 2.15. The van der Waals surface area contributed by atoms with Crippen LogP contribution in [0.15, 0.2) is 24.5 Å². The van der Waals surface area contributed by atoms with Crippen LogP contribution in [0.5, 0.6) is 5.75 Å². The molecule has 3 nitrogen and oxygen atoms in total. The number of hydrogen-bond donors (Lipinski definition) is 0. The molecule has 0 saturated carbocycles. The van der Waals surface area contributed by atoms with Gasteiger partial charge in [-0.15, -0.1) is 0 Å². The Morgan fingerprint density at radius 1 is 1.38 bits per heavy atom. The van der Waals surface area contributed by atoms with E-state index < -0.39 is 0 Å². The number of aromatic nitrogens is 1. The van der Waals surface area contributed by atoms with Crippen molar-refractivity contribution >= 4 is 0 Å². The van der Waals surface area contributed by atoms with Crippen LogP contribution in [0.4, 0.5) is 0 Å². The molecule has 1 aromatic heterocycles. The molecule has 13 heavy (non-hydrogen) atoms. The average molecular weight is 179 g/mol. The van der Waals surface area contributed by atoms with Crippen LogP contribution in [0.1, 0.15) is 12.8 Å². The van der Waals surface area contributed by atoms with Crippen LogP contribution in [0, 0.1) is 0 Å². The molecule has 1 fully saturated rings. The summed E-state index contributed by atoms with van der Waals surface area (Å²) in [5.41, 5.74) is 0. The Bertz CT molecular complexity index is 244. The smallest absolute Gasteiger partial charge is 0.138 e. The molecular weight excluding hydrogens is 166 g/mol. The van der Waals surface area contributed by atoms with E-state index >= 15 is 0 Å². The van der Waals surface area contributed by atoms with Gasteiger partial charge in [-0.05, 0) is 12.1 Å². The molecule has 2 rings (SSSR count). The van der Waals surface area contributed by atoms with E-state index in [9.17, 15) is 0 Å². The predicted octanol–water partition coefficient (Wildman–Crippen LogP) is 1.64. The number of ether oxygens (including phenoxy) is 2. The highest BCUT2D eigenvalue weighted by Gasteiger charge is 2.14. The molecule has 0 atom stereocenters. The van der Waals surface area contributed by atoms with Gasteiger partial charge < -0.3 is 9.47 Å². The minimum atomic E-state index is 0.304. The Kier molecular flexibility index (Phi) is 2.77. The molecule has 0 unspecified atom stereocenters. The first-order valence-electron chi connectivity index (χ1n) is 4.59. The molecule has 1 aliphatic rings. The maximum absolute atomic E-state index is 5.71. The van der Waals surface area contributed by atoms with Gasteiger partial charge in [0.2, 0.25) is 0 Å². The van der Waals surface area contributed by atoms with E-state index in [1.165, 1.54) is 0 Å². The standard InChI is InChI=1S/C10H13NO2/c1-2-10(8-11-5-1)13-9-3-6-12-7-4-9/h1-2,5,8-9H,3-4,6-7H2. The third-order valence-corrected chi connectivity index (χ3v) is 2.11. The lowest BCUT2D eigenvalue weighted by Crippen LogP contribution is -2.25. The fourth-order valence-corrected chi connectivity index (χ4v) is 1.40. The Morgan fingerprint density at radius 3 is 2.92 bits per heavy atom. The van der Waals surface area contributed by atoms with E-state index in [2.05, 4.69) is 4.98 Å². The molecule has 0 aliphatic carbocycles. The number of hydrogen-bond acceptors (Lipinski definition) is 3. The lowest BCUT2D eigenvalue weighted by Gasteiger charge is -2.22. The van der Waals surface area contributed by atoms with Gasteiger partial charge in [0.1, 0.15) is 11.9 Å². The maximum Gasteiger partial charge on any atom is 0.138 e. The number of rotatable bonds is 2. The van der Waals surface area contributed by atoms with Crippen LogP contribution < -0.4 is 4.74 Å². The van der Waals surface area contributed by atoms with Crippen LogP contribution in [-0.2, 0) is 4.74 Å². The summed E-state index contributed by atoms with van der Waals surface area (Å²) in [4.78, 5) is 3.99. The van der Waals surface area contributed by atoms with E-state index in [1.807, 2.05) is 12.1 Å². The average Bonchev–Trinajstić information content (AvgIpc) is 2.21. The maximum atomic E-state index is 5.71. The third-order valence-electron chi connectivity index (χ3n) is 2.11. The molecule has 70 valence electrons. The van der Waals surface area contributed by atoms with Crippen molar-refractivity contribution in [1.29, 1.82) is 0 Å². The van der Waals surface area contributed by atoms with Gasteiger partial charge in [-0.25, -0.2) is 0 Å². The lowest BCUT2D eigenvalue weighted by atomic mass is 10.1. The predicted molar refractivity (Wildman–Crippen MR) is 48.7 cm³/mol. The Morgan fingerprint density at radius 2 is 2.23 bits per heavy atom. The summed E-state index contributed by atoms with van der Waals surface area (Å²) >= 11 is 0. The van der Waals surface area contributed by atoms with Crippen LogP contribution in [0.3, 0.4) is 0 Å². The normalized spacial score (nSPS) is 18.5. The monoisotopic (exact) mass is 179 g/mol. The van der Waals surface area contributed by atoms with Crippen molar-refractivity contribution in [3.8, 4) is 5.75 Å². The second-order valence-corrected chi connectivity index (χ2v) is 3.12. The first-order chi connectivity index (χ1) is 6.45. The van der Waals surface area contributed by atoms with Crippen molar-refractivity contribution in [3.63, 3.8) is 0 Å². The van der Waals surface area contributed by atoms with Gasteiger partial charge in [-0.2, -0.15) is 0 Å². The second kappa shape index (κ2) is 4.23. The largest absolute Gasteiger partial charge is 0.489 e. The molecule has 0 spiro atoms. The summed E-state index contributed by atoms with van der Waals surface area (Å²) in [6.07, 6.45) is 5.76. The van der Waals surface area contributed by atoms with Gasteiger partial charge in [0.05, 0.1) is 19.4 Å². The van der Waals surface area contributed by atoms with Crippen molar-refractivity contribution in [2.24, 2.45) is 0 Å². The Labute approximate surface area is 77.7 Å². The van der Waals surface area contributed by atoms with Gasteiger partial charge in [0, 0.05) is 19.0 Å². The quantitative estimate of drug-likeness (QED) is 0.691. The minimum absolute atomic E-state index is 0.304. The van der Waals surface area contributed by atoms with E-state index in [4.69, 9.17) is 9.47 Å². The lowest BCUT2D eigenvalue weighted by molar-refractivity contribution is 0.0254. The molecule has 1 saturated heterocycles. The first-order valence-corrected chi connectivity index (χ1v) is 4.59. The summed E-state index contributed by atoms with van der Waals surface area (Å²) in [7, 11) is 0. The highest BCUT2D eigenvalue weighted by atomic mass is 16.5. The zero-order chi connectivity index (χ0) is 8.93. The van der Waals surface area contributed by atoms with E-state index in [0.717, 1.165) is 31.8 Å². The van der Waals surface area contributed by atoms with Gasteiger partial charge in [0.25, 0.3) is 0 Å². The minimum Gasteiger partial charge on any atom is -0.489 e. The molecule has 0 amide bonds. The molecule has 0 bridgehead atoms. The molecular formula is C10H13NO2.